The standard InChI is InChI=1S/C38H32N4O6S/c1-25-21-30(42(46)47)19-20-33(25)40-38(45)35(27-12-5-3-6-13-27)49-32-18-10-16-29(24-32)39-37(44)34(23-26-11-9-17-31(22-26)48-2)41-36(43)28-14-7-4-8-15-28/h3-24,35H,1-2H3,(H,39,44)(H,40,45)(H,41,43)/b34-23-. The molecule has 0 spiro atoms. The summed E-state index contributed by atoms with van der Waals surface area (Å²) in [7, 11) is 1.54. The number of nitrogens with zero attached hydrogens (tertiary/aromatic N) is 1. The lowest BCUT2D eigenvalue weighted by atomic mass is 10.1. The Morgan fingerprint density at radius 2 is 1.53 bits per heavy atom. The average Bonchev–Trinajstić information content (AvgIpc) is 3.12. The van der Waals surface area contributed by atoms with Gasteiger partial charge in [0.15, 0.2) is 0 Å². The number of rotatable bonds is 12. The van der Waals surface area contributed by atoms with E-state index in [0.29, 0.717) is 38.7 Å². The molecular weight excluding hydrogens is 641 g/mol. The number of non-ortho nitro benzene ring substituents is 1. The van der Waals surface area contributed by atoms with Crippen LogP contribution in [0.5, 0.6) is 5.75 Å². The van der Waals surface area contributed by atoms with Gasteiger partial charge in [-0.2, -0.15) is 0 Å². The van der Waals surface area contributed by atoms with E-state index < -0.39 is 22.0 Å². The van der Waals surface area contributed by atoms with E-state index in [1.54, 1.807) is 92.9 Å². The fourth-order valence-electron chi connectivity index (χ4n) is 4.82. The van der Waals surface area contributed by atoms with Gasteiger partial charge < -0.3 is 20.7 Å². The summed E-state index contributed by atoms with van der Waals surface area (Å²) < 4.78 is 5.32. The van der Waals surface area contributed by atoms with Crippen molar-refractivity contribution in [1.29, 1.82) is 0 Å². The number of nitro benzene ring substituents is 1. The molecule has 0 aromatic heterocycles. The molecule has 0 aliphatic carbocycles. The first-order valence-corrected chi connectivity index (χ1v) is 16.0. The maximum Gasteiger partial charge on any atom is 0.272 e. The number of thioether (sulfide) groups is 1. The van der Waals surface area contributed by atoms with E-state index in [4.69, 9.17) is 4.74 Å². The second kappa shape index (κ2) is 16.1. The monoisotopic (exact) mass is 672 g/mol. The van der Waals surface area contributed by atoms with Gasteiger partial charge in [0, 0.05) is 34.0 Å². The zero-order valence-corrected chi connectivity index (χ0v) is 27.4. The molecule has 0 saturated carbocycles. The van der Waals surface area contributed by atoms with Crippen LogP contribution in [0.3, 0.4) is 0 Å². The summed E-state index contributed by atoms with van der Waals surface area (Å²) in [6.45, 7) is 1.69. The summed E-state index contributed by atoms with van der Waals surface area (Å²) in [5.41, 5.74) is 3.18. The molecule has 1 atom stereocenters. The third kappa shape index (κ3) is 9.21. The first-order valence-electron chi connectivity index (χ1n) is 15.1. The Balaban J connectivity index is 1.38. The lowest BCUT2D eigenvalue weighted by Gasteiger charge is -2.18. The van der Waals surface area contributed by atoms with E-state index in [9.17, 15) is 24.5 Å². The smallest absolute Gasteiger partial charge is 0.272 e. The number of carbonyl (C=O) groups is 3. The van der Waals surface area contributed by atoms with Crippen LogP contribution in [-0.2, 0) is 9.59 Å². The van der Waals surface area contributed by atoms with Crippen molar-refractivity contribution in [2.75, 3.05) is 17.7 Å². The predicted octanol–water partition coefficient (Wildman–Crippen LogP) is 7.79. The Hall–Kier alpha value is -6.20. The van der Waals surface area contributed by atoms with E-state index in [2.05, 4.69) is 16.0 Å². The maximum atomic E-state index is 13.7. The van der Waals surface area contributed by atoms with Crippen LogP contribution in [0, 0.1) is 17.0 Å². The predicted molar refractivity (Wildman–Crippen MR) is 191 cm³/mol. The minimum Gasteiger partial charge on any atom is -0.497 e. The summed E-state index contributed by atoms with van der Waals surface area (Å²) in [6.07, 6.45) is 1.56. The Labute approximate surface area is 287 Å². The molecule has 5 aromatic rings. The fourth-order valence-corrected chi connectivity index (χ4v) is 5.91. The molecule has 246 valence electrons. The van der Waals surface area contributed by atoms with Crippen molar-refractivity contribution in [3.05, 3.63) is 165 Å². The number of carbonyl (C=O) groups excluding carboxylic acids is 3. The van der Waals surface area contributed by atoms with Crippen LogP contribution in [0.1, 0.15) is 32.3 Å². The SMILES string of the molecule is COc1cccc(/C=C(\NC(=O)c2ccccc2)C(=O)Nc2cccc(SC(C(=O)Nc3ccc([N+](=O)[O-])cc3C)c3ccccc3)c2)c1. The molecule has 3 amide bonds. The molecule has 0 aliphatic heterocycles. The normalized spacial score (nSPS) is 11.6. The molecule has 10 nitrogen and oxygen atoms in total. The van der Waals surface area contributed by atoms with Gasteiger partial charge in [-0.25, -0.2) is 0 Å². The Bertz CT molecular complexity index is 2020. The summed E-state index contributed by atoms with van der Waals surface area (Å²) in [6, 6.07) is 36.2. The van der Waals surface area contributed by atoms with Crippen LogP contribution in [0.25, 0.3) is 6.08 Å². The molecule has 1 unspecified atom stereocenters. The van der Waals surface area contributed by atoms with Crippen molar-refractivity contribution < 1.29 is 24.0 Å². The number of hydrogen-bond acceptors (Lipinski definition) is 7. The van der Waals surface area contributed by atoms with Crippen LogP contribution >= 0.6 is 11.8 Å². The zero-order chi connectivity index (χ0) is 34.8. The third-order valence-electron chi connectivity index (χ3n) is 7.30. The highest BCUT2D eigenvalue weighted by molar-refractivity contribution is 8.00. The van der Waals surface area contributed by atoms with Gasteiger partial charge in [0.1, 0.15) is 16.7 Å². The van der Waals surface area contributed by atoms with Gasteiger partial charge in [0.05, 0.1) is 12.0 Å². The maximum absolute atomic E-state index is 13.7. The van der Waals surface area contributed by atoms with E-state index in [1.807, 2.05) is 36.4 Å². The number of anilines is 2. The minimum absolute atomic E-state index is 0.0140. The van der Waals surface area contributed by atoms with Crippen molar-refractivity contribution in [3.8, 4) is 5.75 Å². The molecular formula is C38H32N4O6S. The van der Waals surface area contributed by atoms with Gasteiger partial charge >= 0.3 is 0 Å². The van der Waals surface area contributed by atoms with Crippen LogP contribution in [-0.4, -0.2) is 29.8 Å². The van der Waals surface area contributed by atoms with Crippen molar-refractivity contribution in [2.45, 2.75) is 17.1 Å². The van der Waals surface area contributed by atoms with Gasteiger partial charge in [-0.1, -0.05) is 66.7 Å². The van der Waals surface area contributed by atoms with Gasteiger partial charge in [0.2, 0.25) is 5.91 Å². The number of nitrogens with one attached hydrogen (secondary N) is 3. The number of benzene rings is 5. The number of methoxy groups -OCH3 is 1. The number of ether oxygens (including phenoxy) is 1. The molecule has 5 aromatic carbocycles. The van der Waals surface area contributed by atoms with Crippen molar-refractivity contribution in [2.24, 2.45) is 0 Å². The Morgan fingerprint density at radius 3 is 2.22 bits per heavy atom. The molecule has 3 N–H and O–H groups in total. The topological polar surface area (TPSA) is 140 Å². The van der Waals surface area contributed by atoms with Gasteiger partial charge in [-0.3, -0.25) is 24.5 Å². The van der Waals surface area contributed by atoms with Crippen LogP contribution < -0.4 is 20.7 Å². The fraction of sp³-hybridized carbons (Fsp3) is 0.0789. The lowest BCUT2D eigenvalue weighted by molar-refractivity contribution is -0.384. The first-order chi connectivity index (χ1) is 23.7. The molecule has 0 heterocycles. The second-order valence-electron chi connectivity index (χ2n) is 10.8. The minimum atomic E-state index is -0.699. The third-order valence-corrected chi connectivity index (χ3v) is 8.55. The van der Waals surface area contributed by atoms with E-state index >= 15 is 0 Å². The molecule has 0 aliphatic rings. The highest BCUT2D eigenvalue weighted by atomic mass is 32.2. The zero-order valence-electron chi connectivity index (χ0n) is 26.6. The summed E-state index contributed by atoms with van der Waals surface area (Å²) in [4.78, 5) is 51.8. The van der Waals surface area contributed by atoms with E-state index in [0.717, 1.165) is 5.56 Å². The number of aryl methyl sites for hydroxylation is 1. The molecule has 0 fully saturated rings. The quantitative estimate of drug-likeness (QED) is 0.0532. The molecule has 0 bridgehead atoms. The van der Waals surface area contributed by atoms with Crippen LogP contribution in [0.4, 0.5) is 17.1 Å². The average molecular weight is 673 g/mol. The molecule has 5 rings (SSSR count). The summed E-state index contributed by atoms with van der Waals surface area (Å²) in [5, 5.41) is 19.0. The second-order valence-corrected chi connectivity index (χ2v) is 12.0. The van der Waals surface area contributed by atoms with Crippen molar-refractivity contribution in [1.82, 2.24) is 5.32 Å². The molecule has 49 heavy (non-hydrogen) atoms. The van der Waals surface area contributed by atoms with Gasteiger partial charge in [-0.05, 0) is 78.2 Å². The highest BCUT2D eigenvalue weighted by Crippen LogP contribution is 2.37. The number of amides is 3. The lowest BCUT2D eigenvalue weighted by Crippen LogP contribution is -2.30. The Morgan fingerprint density at radius 1 is 0.816 bits per heavy atom. The number of hydrogen-bond donors (Lipinski definition) is 3. The summed E-state index contributed by atoms with van der Waals surface area (Å²) >= 11 is 1.28. The Kier molecular flexibility index (Phi) is 11.2. The van der Waals surface area contributed by atoms with Crippen molar-refractivity contribution >= 4 is 52.6 Å². The largest absolute Gasteiger partial charge is 0.497 e. The first kappa shape index (κ1) is 34.1. The van der Waals surface area contributed by atoms with E-state index in [-0.39, 0.29) is 17.3 Å². The van der Waals surface area contributed by atoms with Crippen LogP contribution in [0.2, 0.25) is 0 Å². The highest BCUT2D eigenvalue weighted by Gasteiger charge is 2.24. The van der Waals surface area contributed by atoms with Crippen molar-refractivity contribution in [3.63, 3.8) is 0 Å². The van der Waals surface area contributed by atoms with Crippen LogP contribution in [0.15, 0.2) is 138 Å². The van der Waals surface area contributed by atoms with Gasteiger partial charge in [0.25, 0.3) is 17.5 Å². The van der Waals surface area contributed by atoms with E-state index in [1.165, 1.54) is 30.0 Å². The molecule has 11 heteroatoms. The van der Waals surface area contributed by atoms with Gasteiger partial charge in [-0.15, -0.1) is 11.8 Å². The molecule has 0 saturated heterocycles. The summed E-state index contributed by atoms with van der Waals surface area (Å²) in [5.74, 6) is -0.738. The molecule has 0 radical (unpaired) electrons. The number of nitro groups is 1.